The van der Waals surface area contributed by atoms with Gasteiger partial charge in [-0.15, -0.1) is 0 Å². The standard InChI is InChI=1S/C8H10F2N2/c1-6-2-3-12-7(4-6)8(9,10)5-11/h2-4H,5,11H2,1H3. The Morgan fingerprint density at radius 2 is 2.25 bits per heavy atom. The van der Waals surface area contributed by atoms with Gasteiger partial charge in [-0.25, -0.2) is 0 Å². The van der Waals surface area contributed by atoms with Crippen molar-refractivity contribution in [3.63, 3.8) is 0 Å². The maximum absolute atomic E-state index is 12.9. The quantitative estimate of drug-likeness (QED) is 0.733. The van der Waals surface area contributed by atoms with Crippen LogP contribution in [0.2, 0.25) is 0 Å². The Kier molecular flexibility index (Phi) is 2.38. The number of halogens is 2. The maximum atomic E-state index is 12.9. The first-order chi connectivity index (χ1) is 5.56. The molecule has 0 amide bonds. The molecule has 0 aliphatic carbocycles. The number of aryl methyl sites for hydroxylation is 1. The topological polar surface area (TPSA) is 38.9 Å². The first kappa shape index (κ1) is 9.06. The minimum absolute atomic E-state index is 0.259. The molecule has 0 aliphatic heterocycles. The van der Waals surface area contributed by atoms with E-state index in [0.29, 0.717) is 0 Å². The van der Waals surface area contributed by atoms with Gasteiger partial charge in [0.25, 0.3) is 0 Å². The van der Waals surface area contributed by atoms with E-state index in [0.717, 1.165) is 5.56 Å². The summed E-state index contributed by atoms with van der Waals surface area (Å²) in [6.07, 6.45) is 1.36. The lowest BCUT2D eigenvalue weighted by molar-refractivity contribution is 0.00132. The molecule has 1 aromatic rings. The summed E-state index contributed by atoms with van der Waals surface area (Å²) in [6.45, 7) is 1.03. The van der Waals surface area contributed by atoms with Crippen LogP contribution in [0, 0.1) is 6.92 Å². The van der Waals surface area contributed by atoms with E-state index in [1.165, 1.54) is 12.3 Å². The van der Waals surface area contributed by atoms with E-state index in [4.69, 9.17) is 5.73 Å². The van der Waals surface area contributed by atoms with Crippen LogP contribution in [0.3, 0.4) is 0 Å². The van der Waals surface area contributed by atoms with Crippen molar-refractivity contribution in [1.82, 2.24) is 4.98 Å². The highest BCUT2D eigenvalue weighted by molar-refractivity contribution is 5.18. The third kappa shape index (κ3) is 1.76. The molecular formula is C8H10F2N2. The summed E-state index contributed by atoms with van der Waals surface area (Å²) in [5.41, 5.74) is 5.40. The van der Waals surface area contributed by atoms with Gasteiger partial charge in [-0.1, -0.05) is 0 Å². The molecule has 0 aliphatic rings. The number of alkyl halides is 2. The van der Waals surface area contributed by atoms with Gasteiger partial charge in [-0.2, -0.15) is 8.78 Å². The van der Waals surface area contributed by atoms with Gasteiger partial charge in [0.1, 0.15) is 5.69 Å². The van der Waals surface area contributed by atoms with Crippen molar-refractivity contribution in [3.05, 3.63) is 29.6 Å². The normalized spacial score (nSPS) is 11.7. The number of nitrogens with zero attached hydrogens (tertiary/aromatic N) is 1. The van der Waals surface area contributed by atoms with Gasteiger partial charge < -0.3 is 5.73 Å². The minimum atomic E-state index is -3.01. The van der Waals surface area contributed by atoms with Gasteiger partial charge in [0.2, 0.25) is 0 Å². The van der Waals surface area contributed by atoms with Crippen LogP contribution in [-0.2, 0) is 5.92 Å². The number of pyridine rings is 1. The predicted octanol–water partition coefficient (Wildman–Crippen LogP) is 1.44. The molecule has 0 saturated carbocycles. The molecule has 1 rings (SSSR count). The second kappa shape index (κ2) is 3.15. The average Bonchev–Trinajstić information content (AvgIpc) is 2.05. The summed E-state index contributed by atoms with van der Waals surface area (Å²) in [5.74, 6) is -3.01. The molecule has 0 atom stereocenters. The Hall–Kier alpha value is -1.03. The predicted molar refractivity (Wildman–Crippen MR) is 41.9 cm³/mol. The van der Waals surface area contributed by atoms with Crippen molar-refractivity contribution in [3.8, 4) is 0 Å². The molecule has 0 bridgehead atoms. The van der Waals surface area contributed by atoms with E-state index in [1.54, 1.807) is 13.0 Å². The molecule has 0 spiro atoms. The van der Waals surface area contributed by atoms with Crippen molar-refractivity contribution >= 4 is 0 Å². The van der Waals surface area contributed by atoms with E-state index in [1.807, 2.05) is 0 Å². The summed E-state index contributed by atoms with van der Waals surface area (Å²) in [7, 11) is 0. The van der Waals surface area contributed by atoms with Crippen LogP contribution >= 0.6 is 0 Å². The lowest BCUT2D eigenvalue weighted by Gasteiger charge is -2.12. The minimum Gasteiger partial charge on any atom is -0.325 e. The molecule has 66 valence electrons. The number of aromatic nitrogens is 1. The van der Waals surface area contributed by atoms with Crippen LogP contribution in [0.15, 0.2) is 18.3 Å². The van der Waals surface area contributed by atoms with Gasteiger partial charge in [-0.3, -0.25) is 4.98 Å². The highest BCUT2D eigenvalue weighted by Gasteiger charge is 2.30. The average molecular weight is 172 g/mol. The van der Waals surface area contributed by atoms with Gasteiger partial charge in [0.15, 0.2) is 0 Å². The number of nitrogens with two attached hydrogens (primary N) is 1. The molecule has 0 aromatic carbocycles. The van der Waals surface area contributed by atoms with Gasteiger partial charge >= 0.3 is 5.92 Å². The zero-order chi connectivity index (χ0) is 9.19. The molecule has 0 fully saturated rings. The first-order valence-corrected chi connectivity index (χ1v) is 3.57. The van der Waals surface area contributed by atoms with Crippen molar-refractivity contribution in [2.45, 2.75) is 12.8 Å². The second-order valence-electron chi connectivity index (χ2n) is 2.63. The van der Waals surface area contributed by atoms with Crippen LogP contribution < -0.4 is 5.73 Å². The fraction of sp³-hybridized carbons (Fsp3) is 0.375. The Bertz CT molecular complexity index is 274. The van der Waals surface area contributed by atoms with Crippen LogP contribution in [0.1, 0.15) is 11.3 Å². The lowest BCUT2D eigenvalue weighted by atomic mass is 10.2. The lowest BCUT2D eigenvalue weighted by Crippen LogP contribution is -2.26. The molecule has 0 unspecified atom stereocenters. The van der Waals surface area contributed by atoms with Crippen LogP contribution in [0.5, 0.6) is 0 Å². The number of hydrogen-bond donors (Lipinski definition) is 1. The summed E-state index contributed by atoms with van der Waals surface area (Å²) in [6, 6.07) is 3.00. The fourth-order valence-electron chi connectivity index (χ4n) is 0.841. The van der Waals surface area contributed by atoms with Crippen molar-refractivity contribution in [1.29, 1.82) is 0 Å². The highest BCUT2D eigenvalue weighted by Crippen LogP contribution is 2.24. The summed E-state index contributed by atoms with van der Waals surface area (Å²) >= 11 is 0. The van der Waals surface area contributed by atoms with E-state index >= 15 is 0 Å². The molecule has 12 heavy (non-hydrogen) atoms. The van der Waals surface area contributed by atoms with Gasteiger partial charge in [0, 0.05) is 6.20 Å². The molecule has 2 N–H and O–H groups in total. The molecule has 1 aromatic heterocycles. The van der Waals surface area contributed by atoms with Crippen LogP contribution in [0.4, 0.5) is 8.78 Å². The Morgan fingerprint density at radius 1 is 1.58 bits per heavy atom. The van der Waals surface area contributed by atoms with E-state index in [-0.39, 0.29) is 5.69 Å². The largest absolute Gasteiger partial charge is 0.325 e. The number of hydrogen-bond acceptors (Lipinski definition) is 2. The summed E-state index contributed by atoms with van der Waals surface area (Å²) in [5, 5.41) is 0. The van der Waals surface area contributed by atoms with Crippen molar-refractivity contribution in [2.75, 3.05) is 6.54 Å². The Labute approximate surface area is 69.4 Å². The maximum Gasteiger partial charge on any atom is 0.301 e. The first-order valence-electron chi connectivity index (χ1n) is 3.57. The van der Waals surface area contributed by atoms with Gasteiger partial charge in [-0.05, 0) is 24.6 Å². The molecule has 0 radical (unpaired) electrons. The smallest absolute Gasteiger partial charge is 0.301 e. The third-order valence-corrected chi connectivity index (χ3v) is 1.55. The molecule has 2 nitrogen and oxygen atoms in total. The van der Waals surface area contributed by atoms with Crippen LogP contribution in [0.25, 0.3) is 0 Å². The van der Waals surface area contributed by atoms with Gasteiger partial charge in [0.05, 0.1) is 6.54 Å². The monoisotopic (exact) mass is 172 g/mol. The Balaban J connectivity index is 3.03. The Morgan fingerprint density at radius 3 is 2.75 bits per heavy atom. The zero-order valence-corrected chi connectivity index (χ0v) is 6.72. The molecule has 4 heteroatoms. The zero-order valence-electron chi connectivity index (χ0n) is 6.72. The summed E-state index contributed by atoms with van der Waals surface area (Å²) in [4.78, 5) is 3.55. The molecule has 0 saturated heterocycles. The highest BCUT2D eigenvalue weighted by atomic mass is 19.3. The van der Waals surface area contributed by atoms with Crippen molar-refractivity contribution in [2.24, 2.45) is 5.73 Å². The fourth-order valence-corrected chi connectivity index (χ4v) is 0.841. The van der Waals surface area contributed by atoms with E-state index < -0.39 is 12.5 Å². The second-order valence-corrected chi connectivity index (χ2v) is 2.63. The SMILES string of the molecule is Cc1ccnc(C(F)(F)CN)c1. The number of rotatable bonds is 2. The van der Waals surface area contributed by atoms with E-state index in [2.05, 4.69) is 4.98 Å². The van der Waals surface area contributed by atoms with Crippen LogP contribution in [-0.4, -0.2) is 11.5 Å². The summed E-state index contributed by atoms with van der Waals surface area (Å²) < 4.78 is 25.8. The molecular weight excluding hydrogens is 162 g/mol. The van der Waals surface area contributed by atoms with E-state index in [9.17, 15) is 8.78 Å². The third-order valence-electron chi connectivity index (χ3n) is 1.55. The van der Waals surface area contributed by atoms with Crippen molar-refractivity contribution < 1.29 is 8.78 Å². The molecule has 1 heterocycles.